The van der Waals surface area contributed by atoms with Crippen molar-refractivity contribution in [2.45, 2.75) is 12.8 Å². The van der Waals surface area contributed by atoms with Gasteiger partial charge in [-0.2, -0.15) is 0 Å². The van der Waals surface area contributed by atoms with Gasteiger partial charge in [-0.1, -0.05) is 41.1 Å². The first-order valence-corrected chi connectivity index (χ1v) is 4.08. The lowest BCUT2D eigenvalue weighted by molar-refractivity contribution is 0.957. The van der Waals surface area contributed by atoms with Crippen LogP contribution in [0.5, 0.6) is 0 Å². The first kappa shape index (κ1) is 7.80. The van der Waals surface area contributed by atoms with Crippen molar-refractivity contribution in [1.82, 2.24) is 0 Å². The Hall–Kier alpha value is -0.300. The molecular formula is C9H10Br. The van der Waals surface area contributed by atoms with E-state index in [1.165, 1.54) is 5.56 Å². The third-order valence-electron chi connectivity index (χ3n) is 1.44. The highest BCUT2D eigenvalue weighted by atomic mass is 79.9. The third kappa shape index (κ3) is 1.60. The second-order valence-corrected chi connectivity index (χ2v) is 3.28. The summed E-state index contributed by atoms with van der Waals surface area (Å²) in [6, 6.07) is 8.16. The van der Waals surface area contributed by atoms with Crippen molar-refractivity contribution >= 4 is 15.9 Å². The van der Waals surface area contributed by atoms with Gasteiger partial charge < -0.3 is 0 Å². The van der Waals surface area contributed by atoms with E-state index in [1.807, 2.05) is 18.2 Å². The Labute approximate surface area is 70.4 Å². The highest BCUT2D eigenvalue weighted by Gasteiger charge is 2.00. The fourth-order valence-corrected chi connectivity index (χ4v) is 1.55. The summed E-state index contributed by atoms with van der Waals surface area (Å²) in [6.45, 7) is 6.02. The lowest BCUT2D eigenvalue weighted by atomic mass is 10.0. The van der Waals surface area contributed by atoms with E-state index in [4.69, 9.17) is 0 Å². The van der Waals surface area contributed by atoms with E-state index >= 15 is 0 Å². The summed E-state index contributed by atoms with van der Waals surface area (Å²) < 4.78 is 1.15. The summed E-state index contributed by atoms with van der Waals surface area (Å²) >= 11 is 3.46. The van der Waals surface area contributed by atoms with E-state index < -0.39 is 0 Å². The summed E-state index contributed by atoms with van der Waals surface area (Å²) in [5, 5.41) is 0. The zero-order valence-corrected chi connectivity index (χ0v) is 7.56. The third-order valence-corrected chi connectivity index (χ3v) is 2.16. The van der Waals surface area contributed by atoms with Gasteiger partial charge in [-0.05, 0) is 24.5 Å². The van der Waals surface area contributed by atoms with E-state index in [1.54, 1.807) is 0 Å². The Morgan fingerprint density at radius 3 is 2.40 bits per heavy atom. The molecule has 1 aromatic rings. The van der Waals surface area contributed by atoms with Crippen LogP contribution in [0.4, 0.5) is 0 Å². The maximum atomic E-state index is 3.94. The Balaban J connectivity index is 3.03. The maximum Gasteiger partial charge on any atom is 0.0210 e. The predicted molar refractivity (Wildman–Crippen MR) is 47.9 cm³/mol. The van der Waals surface area contributed by atoms with Crippen molar-refractivity contribution in [2.24, 2.45) is 0 Å². The summed E-state index contributed by atoms with van der Waals surface area (Å²) in [7, 11) is 0. The molecule has 1 atom stereocenters. The number of benzene rings is 1. The molecule has 0 heterocycles. The number of hydrogen-bond acceptors (Lipinski definition) is 0. The van der Waals surface area contributed by atoms with Gasteiger partial charge in [0.05, 0.1) is 0 Å². The molecule has 0 N–H and O–H groups in total. The molecule has 0 fully saturated rings. The number of halogens is 1. The van der Waals surface area contributed by atoms with Crippen LogP contribution < -0.4 is 0 Å². The monoisotopic (exact) mass is 197 g/mol. The normalized spacial score (nSPS) is 10.4. The van der Waals surface area contributed by atoms with Crippen LogP contribution in [-0.2, 0) is 0 Å². The standard InChI is InChI=1S/C9H10Br/c1-7(2)8-5-3-4-6-9(8)10/h3-7H,1H2,2H3. The van der Waals surface area contributed by atoms with E-state index in [2.05, 4.69) is 35.8 Å². The molecule has 1 radical (unpaired) electrons. The van der Waals surface area contributed by atoms with Crippen LogP contribution in [0.15, 0.2) is 28.7 Å². The Bertz CT molecular complexity index is 216. The average molecular weight is 198 g/mol. The summed E-state index contributed by atoms with van der Waals surface area (Å²) in [5.74, 6) is 0.357. The molecule has 0 saturated heterocycles. The van der Waals surface area contributed by atoms with E-state index in [0.717, 1.165) is 4.47 Å². The highest BCUT2D eigenvalue weighted by Crippen LogP contribution is 2.23. The van der Waals surface area contributed by atoms with Crippen LogP contribution in [0.25, 0.3) is 0 Å². The van der Waals surface area contributed by atoms with Gasteiger partial charge in [-0.15, -0.1) is 0 Å². The number of rotatable bonds is 1. The Morgan fingerprint density at radius 1 is 1.40 bits per heavy atom. The predicted octanol–water partition coefficient (Wildman–Crippen LogP) is 3.39. The molecule has 0 aliphatic carbocycles. The molecule has 0 saturated carbocycles. The molecule has 0 bridgehead atoms. The molecule has 10 heavy (non-hydrogen) atoms. The smallest absolute Gasteiger partial charge is 0.0210 e. The molecule has 0 aliphatic heterocycles. The van der Waals surface area contributed by atoms with Crippen molar-refractivity contribution in [1.29, 1.82) is 0 Å². The van der Waals surface area contributed by atoms with Gasteiger partial charge in [0, 0.05) is 4.47 Å². The molecule has 1 rings (SSSR count). The largest absolute Gasteiger partial charge is 0.0619 e. The van der Waals surface area contributed by atoms with Crippen LogP contribution in [0, 0.1) is 6.92 Å². The molecule has 0 amide bonds. The second-order valence-electron chi connectivity index (χ2n) is 2.42. The van der Waals surface area contributed by atoms with Gasteiger partial charge in [-0.3, -0.25) is 0 Å². The Kier molecular flexibility index (Phi) is 2.50. The molecule has 1 aromatic carbocycles. The first-order valence-electron chi connectivity index (χ1n) is 3.29. The van der Waals surface area contributed by atoms with Crippen molar-refractivity contribution in [3.63, 3.8) is 0 Å². The van der Waals surface area contributed by atoms with Gasteiger partial charge in [0.2, 0.25) is 0 Å². The molecule has 53 valence electrons. The van der Waals surface area contributed by atoms with Crippen LogP contribution in [0.3, 0.4) is 0 Å². The molecule has 1 heteroatoms. The summed E-state index contributed by atoms with van der Waals surface area (Å²) in [6.07, 6.45) is 0. The van der Waals surface area contributed by atoms with Gasteiger partial charge in [0.15, 0.2) is 0 Å². The molecular weight excluding hydrogens is 188 g/mol. The average Bonchev–Trinajstić information content (AvgIpc) is 1.88. The molecule has 0 aromatic heterocycles. The molecule has 0 nitrogen and oxygen atoms in total. The lowest BCUT2D eigenvalue weighted by Crippen LogP contribution is -1.87. The minimum absolute atomic E-state index is 0.357. The van der Waals surface area contributed by atoms with Crippen molar-refractivity contribution in [3.8, 4) is 0 Å². The van der Waals surface area contributed by atoms with E-state index in [9.17, 15) is 0 Å². The molecule has 0 aliphatic rings. The fraction of sp³-hybridized carbons (Fsp3) is 0.222. The fourth-order valence-electron chi connectivity index (χ4n) is 0.875. The second kappa shape index (κ2) is 3.20. The number of hydrogen-bond donors (Lipinski definition) is 0. The summed E-state index contributed by atoms with van der Waals surface area (Å²) in [5.41, 5.74) is 1.27. The zero-order chi connectivity index (χ0) is 7.56. The summed E-state index contributed by atoms with van der Waals surface area (Å²) in [4.78, 5) is 0. The Morgan fingerprint density at radius 2 is 2.00 bits per heavy atom. The van der Waals surface area contributed by atoms with Crippen LogP contribution in [-0.4, -0.2) is 0 Å². The van der Waals surface area contributed by atoms with Crippen LogP contribution in [0.1, 0.15) is 18.4 Å². The van der Waals surface area contributed by atoms with E-state index in [-0.39, 0.29) is 0 Å². The van der Waals surface area contributed by atoms with Crippen LogP contribution >= 0.6 is 15.9 Å². The van der Waals surface area contributed by atoms with Crippen molar-refractivity contribution in [3.05, 3.63) is 41.2 Å². The SMILES string of the molecule is [CH2]C(C)c1ccccc1Br. The van der Waals surface area contributed by atoms with Gasteiger partial charge in [-0.25, -0.2) is 0 Å². The lowest BCUT2D eigenvalue weighted by Gasteiger charge is -2.05. The first-order chi connectivity index (χ1) is 4.72. The van der Waals surface area contributed by atoms with Crippen LogP contribution in [0.2, 0.25) is 0 Å². The molecule has 1 unspecified atom stereocenters. The zero-order valence-electron chi connectivity index (χ0n) is 5.97. The maximum absolute atomic E-state index is 3.94. The van der Waals surface area contributed by atoms with Gasteiger partial charge in [0.1, 0.15) is 0 Å². The van der Waals surface area contributed by atoms with Gasteiger partial charge in [0.25, 0.3) is 0 Å². The minimum Gasteiger partial charge on any atom is -0.0619 e. The van der Waals surface area contributed by atoms with Crippen molar-refractivity contribution < 1.29 is 0 Å². The molecule has 0 spiro atoms. The van der Waals surface area contributed by atoms with Gasteiger partial charge >= 0.3 is 0 Å². The quantitative estimate of drug-likeness (QED) is 0.648. The topological polar surface area (TPSA) is 0 Å². The van der Waals surface area contributed by atoms with E-state index in [0.29, 0.717) is 5.92 Å². The highest BCUT2D eigenvalue weighted by molar-refractivity contribution is 9.10. The minimum atomic E-state index is 0.357. The van der Waals surface area contributed by atoms with Crippen molar-refractivity contribution in [2.75, 3.05) is 0 Å².